The molecule has 1 aromatic heterocycles. The minimum atomic E-state index is 0.233. The van der Waals surface area contributed by atoms with Crippen LogP contribution < -0.4 is 11.1 Å². The molecule has 0 spiro atoms. The van der Waals surface area contributed by atoms with E-state index in [2.05, 4.69) is 27.7 Å². The Bertz CT molecular complexity index is 918. The van der Waals surface area contributed by atoms with Gasteiger partial charge in [0.05, 0.1) is 16.3 Å². The number of hydrogen-bond donors (Lipinski definition) is 2. The summed E-state index contributed by atoms with van der Waals surface area (Å²) in [4.78, 5) is 0. The van der Waals surface area contributed by atoms with Crippen LogP contribution in [0.2, 0.25) is 10.0 Å². The van der Waals surface area contributed by atoms with Gasteiger partial charge < -0.3 is 11.1 Å². The molecule has 3 aromatic rings. The van der Waals surface area contributed by atoms with Gasteiger partial charge in [-0.15, -0.1) is 16.4 Å². The predicted octanol–water partition coefficient (Wildman–Crippen LogP) is 4.65. The van der Waals surface area contributed by atoms with Crippen LogP contribution >= 0.6 is 34.5 Å². The van der Waals surface area contributed by atoms with Crippen molar-refractivity contribution in [2.45, 2.75) is 6.54 Å². The van der Waals surface area contributed by atoms with E-state index >= 15 is 0 Å². The van der Waals surface area contributed by atoms with Gasteiger partial charge in [-0.05, 0) is 23.8 Å². The summed E-state index contributed by atoms with van der Waals surface area (Å²) in [5, 5.41) is 15.2. The van der Waals surface area contributed by atoms with Gasteiger partial charge in [0.1, 0.15) is 0 Å². The third kappa shape index (κ3) is 4.06. The van der Waals surface area contributed by atoms with Crippen molar-refractivity contribution >= 4 is 56.8 Å². The second-order valence-electron chi connectivity index (χ2n) is 5.02. The highest BCUT2D eigenvalue weighted by molar-refractivity contribution is 7.17. The number of benzene rings is 2. The minimum Gasteiger partial charge on any atom is -0.368 e. The van der Waals surface area contributed by atoms with Gasteiger partial charge in [-0.3, -0.25) is 0 Å². The molecule has 3 N–H and O–H groups in total. The van der Waals surface area contributed by atoms with E-state index in [-0.39, 0.29) is 5.96 Å². The maximum Gasteiger partial charge on any atom is 0.214 e. The summed E-state index contributed by atoms with van der Waals surface area (Å²) >= 11 is 13.5. The van der Waals surface area contributed by atoms with E-state index in [1.807, 2.05) is 23.6 Å². The van der Waals surface area contributed by atoms with E-state index in [1.165, 1.54) is 4.70 Å². The van der Waals surface area contributed by atoms with Crippen LogP contribution in [0.5, 0.6) is 0 Å². The first-order valence-electron chi connectivity index (χ1n) is 7.14. The highest BCUT2D eigenvalue weighted by Crippen LogP contribution is 2.24. The molecule has 3 rings (SSSR count). The van der Waals surface area contributed by atoms with Gasteiger partial charge in [0.2, 0.25) is 5.96 Å². The molecule has 2 aromatic carbocycles. The fourth-order valence-corrected chi connectivity index (χ4v) is 3.36. The zero-order chi connectivity index (χ0) is 16.9. The number of rotatable bonds is 4. The van der Waals surface area contributed by atoms with Gasteiger partial charge in [-0.2, -0.15) is 5.10 Å². The third-order valence-electron chi connectivity index (χ3n) is 3.33. The Morgan fingerprint density at radius 2 is 2.00 bits per heavy atom. The average Bonchev–Trinajstić information content (AvgIpc) is 2.99. The number of nitrogens with zero attached hydrogens (tertiary/aromatic N) is 2. The summed E-state index contributed by atoms with van der Waals surface area (Å²) in [5.74, 6) is 0.233. The second-order valence-corrected chi connectivity index (χ2v) is 6.74. The zero-order valence-corrected chi connectivity index (χ0v) is 14.9. The number of nitrogens with two attached hydrogens (primary N) is 1. The van der Waals surface area contributed by atoms with Crippen LogP contribution in [0.25, 0.3) is 10.1 Å². The van der Waals surface area contributed by atoms with Crippen molar-refractivity contribution in [1.82, 2.24) is 5.32 Å². The zero-order valence-electron chi connectivity index (χ0n) is 12.5. The first-order valence-corrected chi connectivity index (χ1v) is 8.77. The van der Waals surface area contributed by atoms with Crippen LogP contribution in [0, 0.1) is 0 Å². The summed E-state index contributed by atoms with van der Waals surface area (Å²) in [7, 11) is 0. The number of fused-ring (bicyclic) bond motifs is 1. The number of thiophene rings is 1. The van der Waals surface area contributed by atoms with Crippen molar-refractivity contribution in [3.8, 4) is 0 Å². The highest BCUT2D eigenvalue weighted by Gasteiger charge is 2.01. The predicted molar refractivity (Wildman–Crippen MR) is 104 cm³/mol. The Balaban J connectivity index is 1.62. The summed E-state index contributed by atoms with van der Waals surface area (Å²) in [5.41, 5.74) is 7.79. The maximum atomic E-state index is 5.97. The van der Waals surface area contributed by atoms with Gasteiger partial charge in [0.25, 0.3) is 0 Å². The largest absolute Gasteiger partial charge is 0.368 e. The van der Waals surface area contributed by atoms with Crippen molar-refractivity contribution in [3.63, 3.8) is 0 Å². The van der Waals surface area contributed by atoms with Crippen molar-refractivity contribution in [3.05, 3.63) is 69.0 Å². The topological polar surface area (TPSA) is 62.8 Å². The Hall–Kier alpha value is -2.08. The smallest absolute Gasteiger partial charge is 0.214 e. The van der Waals surface area contributed by atoms with Gasteiger partial charge >= 0.3 is 0 Å². The lowest BCUT2D eigenvalue weighted by Crippen LogP contribution is -2.30. The average molecular weight is 377 g/mol. The summed E-state index contributed by atoms with van der Waals surface area (Å²) in [6.45, 7) is 0.489. The molecule has 7 heteroatoms. The minimum absolute atomic E-state index is 0.233. The quantitative estimate of drug-likeness (QED) is 0.395. The van der Waals surface area contributed by atoms with Gasteiger partial charge in [0.15, 0.2) is 0 Å². The Morgan fingerprint density at radius 1 is 1.17 bits per heavy atom. The molecular weight excluding hydrogens is 363 g/mol. The molecule has 0 saturated heterocycles. The van der Waals surface area contributed by atoms with E-state index < -0.39 is 0 Å². The van der Waals surface area contributed by atoms with Gasteiger partial charge in [0, 0.05) is 27.6 Å². The van der Waals surface area contributed by atoms with E-state index in [4.69, 9.17) is 28.9 Å². The molecule has 122 valence electrons. The SMILES string of the molecule is N/C(=N\N=C\c1csc2ccccc12)NCc1ccc(Cl)c(Cl)c1. The maximum absolute atomic E-state index is 5.97. The van der Waals surface area contributed by atoms with Crippen LogP contribution in [-0.2, 0) is 6.54 Å². The molecule has 0 atom stereocenters. The standard InChI is InChI=1S/C17H14Cl2N4S/c18-14-6-5-11(7-15(14)19)8-21-17(20)23-22-9-12-10-24-16-4-2-1-3-13(12)16/h1-7,9-10H,8H2,(H3,20,21,23)/b22-9+. The van der Waals surface area contributed by atoms with Crippen LogP contribution in [0.15, 0.2) is 58.0 Å². The molecule has 0 aliphatic heterocycles. The number of nitrogens with one attached hydrogen (secondary N) is 1. The number of hydrogen-bond acceptors (Lipinski definition) is 3. The summed E-state index contributed by atoms with van der Waals surface area (Å²) in [6, 6.07) is 13.6. The number of halogens is 2. The molecule has 0 aliphatic rings. The normalized spacial score (nSPS) is 12.2. The van der Waals surface area contributed by atoms with Crippen LogP contribution in [0.3, 0.4) is 0 Å². The van der Waals surface area contributed by atoms with Gasteiger partial charge in [-0.25, -0.2) is 0 Å². The monoisotopic (exact) mass is 376 g/mol. The van der Waals surface area contributed by atoms with E-state index in [0.717, 1.165) is 16.5 Å². The summed E-state index contributed by atoms with van der Waals surface area (Å²) < 4.78 is 1.22. The fourth-order valence-electron chi connectivity index (χ4n) is 2.13. The van der Waals surface area contributed by atoms with Crippen molar-refractivity contribution in [2.75, 3.05) is 0 Å². The first kappa shape index (κ1) is 16.8. The van der Waals surface area contributed by atoms with E-state index in [0.29, 0.717) is 16.6 Å². The molecule has 0 unspecified atom stereocenters. The Kier molecular flexibility index (Phi) is 5.35. The highest BCUT2D eigenvalue weighted by atomic mass is 35.5. The summed E-state index contributed by atoms with van der Waals surface area (Å²) in [6.07, 6.45) is 1.70. The number of guanidine groups is 1. The Labute approximate surface area is 153 Å². The third-order valence-corrected chi connectivity index (χ3v) is 5.05. The molecule has 0 saturated carbocycles. The van der Waals surface area contributed by atoms with Crippen LogP contribution in [0.4, 0.5) is 0 Å². The molecule has 0 amide bonds. The molecule has 0 bridgehead atoms. The molecule has 0 radical (unpaired) electrons. The molecule has 0 aliphatic carbocycles. The lowest BCUT2D eigenvalue weighted by molar-refractivity contribution is 0.895. The van der Waals surface area contributed by atoms with Crippen LogP contribution in [0.1, 0.15) is 11.1 Å². The van der Waals surface area contributed by atoms with Gasteiger partial charge in [-0.1, -0.05) is 47.5 Å². The van der Waals surface area contributed by atoms with Crippen molar-refractivity contribution < 1.29 is 0 Å². The first-order chi connectivity index (χ1) is 11.6. The van der Waals surface area contributed by atoms with Crippen molar-refractivity contribution in [2.24, 2.45) is 15.9 Å². The molecule has 24 heavy (non-hydrogen) atoms. The van der Waals surface area contributed by atoms with Crippen LogP contribution in [-0.4, -0.2) is 12.2 Å². The second kappa shape index (κ2) is 7.66. The molecule has 0 fully saturated rings. The van der Waals surface area contributed by atoms with E-state index in [9.17, 15) is 0 Å². The Morgan fingerprint density at radius 3 is 2.83 bits per heavy atom. The molecule has 4 nitrogen and oxygen atoms in total. The van der Waals surface area contributed by atoms with E-state index in [1.54, 1.807) is 29.7 Å². The molecular formula is C17H14Cl2N4S. The molecule has 1 heterocycles. The fraction of sp³-hybridized carbons (Fsp3) is 0.0588. The lowest BCUT2D eigenvalue weighted by atomic mass is 10.2. The van der Waals surface area contributed by atoms with Crippen molar-refractivity contribution in [1.29, 1.82) is 0 Å². The lowest BCUT2D eigenvalue weighted by Gasteiger charge is -2.05.